The van der Waals surface area contributed by atoms with Gasteiger partial charge in [0.25, 0.3) is 5.91 Å². The minimum atomic E-state index is -0.201. The van der Waals surface area contributed by atoms with E-state index in [9.17, 15) is 4.79 Å². The summed E-state index contributed by atoms with van der Waals surface area (Å²) in [6.07, 6.45) is 11.4. The van der Waals surface area contributed by atoms with E-state index < -0.39 is 0 Å². The van der Waals surface area contributed by atoms with Gasteiger partial charge in [-0.15, -0.1) is 0 Å². The number of benzene rings is 1. The Balaban J connectivity index is 1.47. The van der Waals surface area contributed by atoms with Crippen molar-refractivity contribution in [2.45, 2.75) is 44.9 Å². The maximum absolute atomic E-state index is 12.6. The van der Waals surface area contributed by atoms with Crippen LogP contribution in [0.1, 0.15) is 59.8 Å². The van der Waals surface area contributed by atoms with Crippen LogP contribution < -0.4 is 11.1 Å². The molecule has 32 heavy (non-hydrogen) atoms. The lowest BCUT2D eigenvalue weighted by molar-refractivity contribution is 0.102. The second kappa shape index (κ2) is 8.42. The summed E-state index contributed by atoms with van der Waals surface area (Å²) in [5, 5.41) is 2.84. The lowest BCUT2D eigenvalue weighted by atomic mass is 9.89. The first-order valence-corrected chi connectivity index (χ1v) is 11.1. The van der Waals surface area contributed by atoms with Crippen molar-refractivity contribution >= 4 is 23.1 Å². The molecule has 7 nitrogen and oxygen atoms in total. The van der Waals surface area contributed by atoms with E-state index >= 15 is 0 Å². The van der Waals surface area contributed by atoms with Gasteiger partial charge in [0.1, 0.15) is 28.7 Å². The highest BCUT2D eigenvalue weighted by atomic mass is 16.1. The van der Waals surface area contributed by atoms with Crippen LogP contribution in [0.3, 0.4) is 0 Å². The first-order chi connectivity index (χ1) is 15.6. The average Bonchev–Trinajstić information content (AvgIpc) is 3.21. The van der Waals surface area contributed by atoms with Crippen LogP contribution >= 0.6 is 0 Å². The van der Waals surface area contributed by atoms with Crippen molar-refractivity contribution < 1.29 is 4.79 Å². The molecule has 1 saturated carbocycles. The Bertz CT molecular complexity index is 1270. The van der Waals surface area contributed by atoms with Gasteiger partial charge in [0.2, 0.25) is 0 Å². The third-order valence-corrected chi connectivity index (χ3v) is 6.16. The molecule has 0 saturated heterocycles. The van der Waals surface area contributed by atoms with Crippen molar-refractivity contribution in [1.29, 1.82) is 0 Å². The number of fused-ring (bicyclic) bond motifs is 1. The molecule has 3 heterocycles. The minimum absolute atomic E-state index is 0.201. The number of aromatic nitrogens is 4. The molecule has 4 aromatic rings. The molecule has 0 aliphatic heterocycles. The van der Waals surface area contributed by atoms with Crippen molar-refractivity contribution in [3.63, 3.8) is 0 Å². The van der Waals surface area contributed by atoms with Crippen LogP contribution in [0.15, 0.2) is 55.0 Å². The lowest BCUT2D eigenvalue weighted by Crippen LogP contribution is -2.12. The number of anilines is 2. The van der Waals surface area contributed by atoms with Gasteiger partial charge in [0, 0.05) is 35.6 Å². The van der Waals surface area contributed by atoms with Gasteiger partial charge < -0.3 is 11.1 Å². The monoisotopic (exact) mass is 426 g/mol. The molecule has 0 bridgehead atoms. The molecule has 1 aromatic carbocycles. The number of nitrogens with one attached hydrogen (secondary N) is 1. The second-order valence-electron chi connectivity index (χ2n) is 8.43. The number of rotatable bonds is 4. The number of aryl methyl sites for hydroxylation is 1. The number of nitrogens with two attached hydrogens (primary N) is 1. The summed E-state index contributed by atoms with van der Waals surface area (Å²) in [6, 6.07) is 11.2. The zero-order chi connectivity index (χ0) is 22.1. The molecular formula is C25H26N6O. The molecule has 1 aliphatic rings. The minimum Gasteiger partial charge on any atom is -0.382 e. The fourth-order valence-corrected chi connectivity index (χ4v) is 4.51. The molecule has 7 heteroatoms. The molecule has 162 valence electrons. The summed E-state index contributed by atoms with van der Waals surface area (Å²) in [5.41, 5.74) is 10.4. The van der Waals surface area contributed by atoms with Gasteiger partial charge in [0.05, 0.1) is 0 Å². The maximum atomic E-state index is 12.6. The standard InChI is InChI=1S/C25H26N6O/c1-16-11-12-27-20(15-16)29-25(32)19-9-7-17(8-10-19)21-22-23(26)28-13-14-31(22)24(30-21)18-5-3-2-4-6-18/h7-15,18H,2-6H2,1H3,(H2,26,28)(H,27,29,32). The Kier molecular flexibility index (Phi) is 5.31. The van der Waals surface area contributed by atoms with Gasteiger partial charge in [-0.3, -0.25) is 9.20 Å². The molecule has 5 rings (SSSR count). The number of pyridine rings is 1. The normalized spacial score (nSPS) is 14.5. The van der Waals surface area contributed by atoms with Crippen molar-refractivity contribution in [3.8, 4) is 11.3 Å². The maximum Gasteiger partial charge on any atom is 0.256 e. The van der Waals surface area contributed by atoms with E-state index in [1.807, 2.05) is 37.4 Å². The molecule has 0 radical (unpaired) electrons. The van der Waals surface area contributed by atoms with Crippen LogP contribution in [-0.2, 0) is 0 Å². The SMILES string of the molecule is Cc1ccnc(NC(=O)c2ccc(-c3nc(C4CCCCC4)n4ccnc(N)c34)cc2)c1. The highest BCUT2D eigenvalue weighted by Crippen LogP contribution is 2.36. The molecule has 3 aromatic heterocycles. The number of amides is 1. The van der Waals surface area contributed by atoms with Crippen molar-refractivity contribution in [2.75, 3.05) is 11.1 Å². The summed E-state index contributed by atoms with van der Waals surface area (Å²) >= 11 is 0. The smallest absolute Gasteiger partial charge is 0.256 e. The van der Waals surface area contributed by atoms with Gasteiger partial charge >= 0.3 is 0 Å². The predicted molar refractivity (Wildman–Crippen MR) is 126 cm³/mol. The number of hydrogen-bond donors (Lipinski definition) is 2. The number of imidazole rings is 1. The number of nitrogens with zero attached hydrogens (tertiary/aromatic N) is 4. The van der Waals surface area contributed by atoms with Crippen LogP contribution in [0.25, 0.3) is 16.8 Å². The molecule has 3 N–H and O–H groups in total. The van der Waals surface area contributed by atoms with Gasteiger partial charge in [-0.05, 0) is 49.6 Å². The van der Waals surface area contributed by atoms with Gasteiger partial charge in [-0.1, -0.05) is 31.4 Å². The molecule has 1 fully saturated rings. The number of carbonyl (C=O) groups excluding carboxylic acids is 1. The zero-order valence-corrected chi connectivity index (χ0v) is 18.1. The Morgan fingerprint density at radius 3 is 2.59 bits per heavy atom. The van der Waals surface area contributed by atoms with E-state index in [-0.39, 0.29) is 5.91 Å². The fourth-order valence-electron chi connectivity index (χ4n) is 4.51. The first-order valence-electron chi connectivity index (χ1n) is 11.1. The molecular weight excluding hydrogens is 400 g/mol. The lowest BCUT2D eigenvalue weighted by Gasteiger charge is -2.20. The Morgan fingerprint density at radius 2 is 1.84 bits per heavy atom. The van der Waals surface area contributed by atoms with Gasteiger partial charge in [0.15, 0.2) is 0 Å². The van der Waals surface area contributed by atoms with E-state index in [0.29, 0.717) is 23.1 Å². The molecule has 0 atom stereocenters. The molecule has 1 amide bonds. The van der Waals surface area contributed by atoms with Crippen molar-refractivity contribution in [2.24, 2.45) is 0 Å². The third kappa shape index (κ3) is 3.82. The Morgan fingerprint density at radius 1 is 1.06 bits per heavy atom. The summed E-state index contributed by atoms with van der Waals surface area (Å²) < 4.78 is 2.09. The number of hydrogen-bond acceptors (Lipinski definition) is 5. The summed E-state index contributed by atoms with van der Waals surface area (Å²) in [7, 11) is 0. The summed E-state index contributed by atoms with van der Waals surface area (Å²) in [6.45, 7) is 1.96. The van der Waals surface area contributed by atoms with E-state index in [4.69, 9.17) is 10.7 Å². The second-order valence-corrected chi connectivity index (χ2v) is 8.43. The fraction of sp³-hybridized carbons (Fsp3) is 0.280. The predicted octanol–water partition coefficient (Wildman–Crippen LogP) is 4.98. The first kappa shape index (κ1) is 20.2. The van der Waals surface area contributed by atoms with Crippen molar-refractivity contribution in [1.82, 2.24) is 19.4 Å². The van der Waals surface area contributed by atoms with Crippen LogP contribution in [0.4, 0.5) is 11.6 Å². The van der Waals surface area contributed by atoms with Crippen LogP contribution in [0.5, 0.6) is 0 Å². The number of carbonyl (C=O) groups is 1. The van der Waals surface area contributed by atoms with Crippen LogP contribution in [0, 0.1) is 6.92 Å². The largest absolute Gasteiger partial charge is 0.382 e. The van der Waals surface area contributed by atoms with Crippen LogP contribution in [-0.4, -0.2) is 25.3 Å². The highest BCUT2D eigenvalue weighted by Gasteiger charge is 2.24. The summed E-state index contributed by atoms with van der Waals surface area (Å²) in [4.78, 5) is 26.2. The Labute approximate surface area is 186 Å². The van der Waals surface area contributed by atoms with E-state index in [0.717, 1.165) is 41.0 Å². The quantitative estimate of drug-likeness (QED) is 0.479. The molecule has 0 unspecified atom stereocenters. The van der Waals surface area contributed by atoms with E-state index in [1.54, 1.807) is 24.5 Å². The van der Waals surface area contributed by atoms with Crippen LogP contribution in [0.2, 0.25) is 0 Å². The van der Waals surface area contributed by atoms with Gasteiger partial charge in [-0.2, -0.15) is 0 Å². The van der Waals surface area contributed by atoms with E-state index in [1.165, 1.54) is 19.3 Å². The van der Waals surface area contributed by atoms with Gasteiger partial charge in [-0.25, -0.2) is 15.0 Å². The average molecular weight is 427 g/mol. The molecule has 0 spiro atoms. The number of nitrogen functional groups attached to an aromatic ring is 1. The third-order valence-electron chi connectivity index (χ3n) is 6.16. The Hall–Kier alpha value is -3.74. The topological polar surface area (TPSA) is 98.2 Å². The van der Waals surface area contributed by atoms with Crippen molar-refractivity contribution in [3.05, 3.63) is 71.9 Å². The molecule has 1 aliphatic carbocycles. The highest BCUT2D eigenvalue weighted by molar-refractivity contribution is 6.04. The van der Waals surface area contributed by atoms with E-state index in [2.05, 4.69) is 19.7 Å². The zero-order valence-electron chi connectivity index (χ0n) is 18.1. The summed E-state index contributed by atoms with van der Waals surface area (Å²) in [5.74, 6) is 2.28.